The molecule has 0 spiro atoms. The van der Waals surface area contributed by atoms with Gasteiger partial charge in [0.1, 0.15) is 5.75 Å². The van der Waals surface area contributed by atoms with Crippen molar-refractivity contribution in [2.24, 2.45) is 0 Å². The Labute approximate surface area is 167 Å². The Morgan fingerprint density at radius 3 is 2.18 bits per heavy atom. The van der Waals surface area contributed by atoms with Crippen molar-refractivity contribution in [3.8, 4) is 5.75 Å². The van der Waals surface area contributed by atoms with Crippen LogP contribution in [0.1, 0.15) is 46.1 Å². The first kappa shape index (κ1) is 21.7. The van der Waals surface area contributed by atoms with Crippen LogP contribution in [0.15, 0.2) is 18.2 Å². The average Bonchev–Trinajstić information content (AvgIpc) is 2.65. The molecule has 0 atom stereocenters. The second-order valence-electron chi connectivity index (χ2n) is 8.10. The average molecular weight is 389 g/mol. The van der Waals surface area contributed by atoms with E-state index in [9.17, 15) is 14.4 Å². The summed E-state index contributed by atoms with van der Waals surface area (Å²) in [6.45, 7) is 9.96. The van der Waals surface area contributed by atoms with E-state index < -0.39 is 0 Å². The smallest absolute Gasteiger partial charge is 0.224 e. The van der Waals surface area contributed by atoms with Gasteiger partial charge in [0, 0.05) is 45.9 Å². The van der Waals surface area contributed by atoms with E-state index in [1.54, 1.807) is 16.9 Å². The Hall–Kier alpha value is -2.57. The molecule has 0 radical (unpaired) electrons. The zero-order chi connectivity index (χ0) is 20.9. The van der Waals surface area contributed by atoms with Crippen molar-refractivity contribution in [2.75, 3.05) is 38.6 Å². The van der Waals surface area contributed by atoms with Crippen LogP contribution in [-0.2, 0) is 19.8 Å². The number of benzene rings is 1. The lowest BCUT2D eigenvalue weighted by Crippen LogP contribution is -2.50. The second-order valence-corrected chi connectivity index (χ2v) is 8.10. The molecule has 1 aliphatic rings. The Bertz CT molecular complexity index is 732. The predicted octanol–water partition coefficient (Wildman–Crippen LogP) is 2.40. The van der Waals surface area contributed by atoms with Crippen LogP contribution in [0.3, 0.4) is 0 Å². The zero-order valence-electron chi connectivity index (χ0n) is 17.5. The van der Waals surface area contributed by atoms with Crippen LogP contribution >= 0.6 is 0 Å². The SMILES string of the molecule is COc1ccc(C(C)(C)C)cc1NC(=O)CCC(=O)N1CCN(C(C)=O)CC1. The molecular weight excluding hydrogens is 358 g/mol. The van der Waals surface area contributed by atoms with Gasteiger partial charge in [-0.3, -0.25) is 14.4 Å². The van der Waals surface area contributed by atoms with E-state index in [2.05, 4.69) is 26.1 Å². The first-order chi connectivity index (χ1) is 13.1. The van der Waals surface area contributed by atoms with Gasteiger partial charge in [-0.2, -0.15) is 0 Å². The third kappa shape index (κ3) is 5.71. The van der Waals surface area contributed by atoms with Crippen LogP contribution < -0.4 is 10.1 Å². The molecular formula is C21H31N3O4. The Morgan fingerprint density at radius 2 is 1.64 bits per heavy atom. The van der Waals surface area contributed by atoms with Crippen molar-refractivity contribution in [3.63, 3.8) is 0 Å². The molecule has 2 rings (SSSR count). The number of methoxy groups -OCH3 is 1. The van der Waals surface area contributed by atoms with Gasteiger partial charge in [-0.15, -0.1) is 0 Å². The Kier molecular flexibility index (Phi) is 7.05. The van der Waals surface area contributed by atoms with Gasteiger partial charge in [0.15, 0.2) is 0 Å². The summed E-state index contributed by atoms with van der Waals surface area (Å²) in [6, 6.07) is 5.74. The molecule has 1 aromatic rings. The number of ether oxygens (including phenoxy) is 1. The predicted molar refractivity (Wildman–Crippen MR) is 108 cm³/mol. The Balaban J connectivity index is 1.90. The fourth-order valence-electron chi connectivity index (χ4n) is 3.13. The minimum absolute atomic E-state index is 0.0258. The largest absolute Gasteiger partial charge is 0.495 e. The molecule has 1 heterocycles. The molecule has 0 bridgehead atoms. The second kappa shape index (κ2) is 9.08. The highest BCUT2D eigenvalue weighted by Crippen LogP contribution is 2.31. The minimum Gasteiger partial charge on any atom is -0.495 e. The number of amides is 3. The minimum atomic E-state index is -0.222. The fraction of sp³-hybridized carbons (Fsp3) is 0.571. The maximum atomic E-state index is 12.4. The van der Waals surface area contributed by atoms with E-state index in [1.165, 1.54) is 6.92 Å². The van der Waals surface area contributed by atoms with Crippen LogP contribution in [0, 0.1) is 0 Å². The van der Waals surface area contributed by atoms with E-state index in [0.29, 0.717) is 37.6 Å². The number of carbonyl (C=O) groups is 3. The first-order valence-corrected chi connectivity index (χ1v) is 9.63. The van der Waals surface area contributed by atoms with Gasteiger partial charge in [0.05, 0.1) is 12.8 Å². The maximum absolute atomic E-state index is 12.4. The fourth-order valence-corrected chi connectivity index (χ4v) is 3.13. The van der Waals surface area contributed by atoms with Crippen LogP contribution in [0.2, 0.25) is 0 Å². The summed E-state index contributed by atoms with van der Waals surface area (Å²) in [5.41, 5.74) is 1.65. The van der Waals surface area contributed by atoms with Crippen molar-refractivity contribution in [1.82, 2.24) is 9.80 Å². The van der Waals surface area contributed by atoms with Gasteiger partial charge in [-0.05, 0) is 23.1 Å². The number of hydrogen-bond acceptors (Lipinski definition) is 4. The summed E-state index contributed by atoms with van der Waals surface area (Å²) < 4.78 is 5.34. The van der Waals surface area contributed by atoms with Gasteiger partial charge in [0.25, 0.3) is 0 Å². The molecule has 28 heavy (non-hydrogen) atoms. The number of nitrogens with one attached hydrogen (secondary N) is 1. The molecule has 1 fully saturated rings. The molecule has 0 unspecified atom stereocenters. The number of rotatable bonds is 5. The van der Waals surface area contributed by atoms with Crippen LogP contribution in [0.25, 0.3) is 0 Å². The summed E-state index contributed by atoms with van der Waals surface area (Å²) in [4.78, 5) is 39.5. The van der Waals surface area contributed by atoms with E-state index in [4.69, 9.17) is 4.74 Å². The van der Waals surface area contributed by atoms with E-state index >= 15 is 0 Å². The zero-order valence-corrected chi connectivity index (χ0v) is 17.5. The quantitative estimate of drug-likeness (QED) is 0.839. The third-order valence-corrected chi connectivity index (χ3v) is 4.98. The molecule has 0 aromatic heterocycles. The lowest BCUT2D eigenvalue weighted by Gasteiger charge is -2.34. The summed E-state index contributed by atoms with van der Waals surface area (Å²) in [6.07, 6.45) is 0.252. The van der Waals surface area contributed by atoms with Crippen LogP contribution in [0.4, 0.5) is 5.69 Å². The van der Waals surface area contributed by atoms with Crippen molar-refractivity contribution in [1.29, 1.82) is 0 Å². The molecule has 1 N–H and O–H groups in total. The molecule has 3 amide bonds. The molecule has 0 aliphatic carbocycles. The highest BCUT2D eigenvalue weighted by molar-refractivity contribution is 5.94. The lowest BCUT2D eigenvalue weighted by molar-refractivity contribution is -0.138. The summed E-state index contributed by atoms with van der Waals surface area (Å²) in [7, 11) is 1.56. The highest BCUT2D eigenvalue weighted by Gasteiger charge is 2.23. The van der Waals surface area contributed by atoms with E-state index in [0.717, 1.165) is 5.56 Å². The highest BCUT2D eigenvalue weighted by atomic mass is 16.5. The van der Waals surface area contributed by atoms with Crippen molar-refractivity contribution in [2.45, 2.75) is 46.0 Å². The van der Waals surface area contributed by atoms with Crippen molar-refractivity contribution in [3.05, 3.63) is 23.8 Å². The molecule has 1 saturated heterocycles. The summed E-state index contributed by atoms with van der Waals surface area (Å²) in [5, 5.41) is 2.87. The van der Waals surface area contributed by atoms with Crippen molar-refractivity contribution >= 4 is 23.4 Å². The number of carbonyl (C=O) groups excluding carboxylic acids is 3. The Morgan fingerprint density at radius 1 is 1.04 bits per heavy atom. The summed E-state index contributed by atoms with van der Waals surface area (Å²) in [5.74, 6) is 0.333. The molecule has 7 nitrogen and oxygen atoms in total. The van der Waals surface area contributed by atoms with Crippen LogP contribution in [-0.4, -0.2) is 60.8 Å². The van der Waals surface area contributed by atoms with Gasteiger partial charge >= 0.3 is 0 Å². The third-order valence-electron chi connectivity index (χ3n) is 4.98. The number of piperazine rings is 1. The molecule has 1 aromatic carbocycles. The van der Waals surface area contributed by atoms with E-state index in [-0.39, 0.29) is 36.0 Å². The monoisotopic (exact) mass is 389 g/mol. The summed E-state index contributed by atoms with van der Waals surface area (Å²) >= 11 is 0. The van der Waals surface area contributed by atoms with Gasteiger partial charge in [0.2, 0.25) is 17.7 Å². The normalized spacial score (nSPS) is 14.6. The maximum Gasteiger partial charge on any atom is 0.224 e. The molecule has 0 saturated carbocycles. The number of hydrogen-bond donors (Lipinski definition) is 1. The van der Waals surface area contributed by atoms with Gasteiger partial charge in [-0.1, -0.05) is 26.8 Å². The molecule has 1 aliphatic heterocycles. The van der Waals surface area contributed by atoms with Crippen LogP contribution in [0.5, 0.6) is 5.75 Å². The number of anilines is 1. The van der Waals surface area contributed by atoms with Crippen molar-refractivity contribution < 1.29 is 19.1 Å². The molecule has 7 heteroatoms. The first-order valence-electron chi connectivity index (χ1n) is 9.63. The van der Waals surface area contributed by atoms with Gasteiger partial charge < -0.3 is 19.9 Å². The standard InChI is InChI=1S/C21H31N3O4/c1-15(25)23-10-12-24(13-11-23)20(27)9-8-19(26)22-17-14-16(21(2,3)4)6-7-18(17)28-5/h6-7,14H,8-13H2,1-5H3,(H,22,26). The van der Waals surface area contributed by atoms with E-state index in [1.807, 2.05) is 18.2 Å². The van der Waals surface area contributed by atoms with Gasteiger partial charge in [-0.25, -0.2) is 0 Å². The number of nitrogens with zero attached hydrogens (tertiary/aromatic N) is 2. The topological polar surface area (TPSA) is 79.0 Å². The lowest BCUT2D eigenvalue weighted by atomic mass is 9.87. The molecule has 154 valence electrons.